The molecule has 3 heterocycles. The fourth-order valence-corrected chi connectivity index (χ4v) is 4.17. The maximum Gasteiger partial charge on any atom is 0.250 e. The summed E-state index contributed by atoms with van der Waals surface area (Å²) >= 11 is 0. The third-order valence-corrected chi connectivity index (χ3v) is 6.65. The number of piperidine rings is 1. The topological polar surface area (TPSA) is 91.5 Å². The van der Waals surface area contributed by atoms with E-state index in [2.05, 4.69) is 57.5 Å². The van der Waals surface area contributed by atoms with Crippen LogP contribution in [0.3, 0.4) is 0 Å². The number of hydrazone groups is 1. The van der Waals surface area contributed by atoms with Gasteiger partial charge in [-0.1, -0.05) is 19.1 Å². The Morgan fingerprint density at radius 3 is 2.51 bits per heavy atom. The molecule has 0 radical (unpaired) electrons. The molecule has 2 N–H and O–H groups in total. The molecule has 190 valence electrons. The predicted molar refractivity (Wildman–Crippen MR) is 145 cm³/mol. The lowest BCUT2D eigenvalue weighted by molar-refractivity contribution is 0.434. The zero-order chi connectivity index (χ0) is 25.8. The molecule has 1 saturated heterocycles. The summed E-state index contributed by atoms with van der Waals surface area (Å²) in [6.07, 6.45) is 3.75. The lowest BCUT2D eigenvalue weighted by Gasteiger charge is -2.30. The largest absolute Gasteiger partial charge is 0.455 e. The third kappa shape index (κ3) is 5.94. The van der Waals surface area contributed by atoms with E-state index in [0.29, 0.717) is 35.3 Å². The van der Waals surface area contributed by atoms with Crippen molar-refractivity contribution < 1.29 is 8.81 Å². The number of aryl methyl sites for hydroxylation is 1. The van der Waals surface area contributed by atoms with Crippen molar-refractivity contribution in [1.82, 2.24) is 15.0 Å². The fraction of sp³-hybridized carbons (Fsp3) is 0.286. The van der Waals surface area contributed by atoms with Gasteiger partial charge in [0, 0.05) is 24.3 Å². The van der Waals surface area contributed by atoms with E-state index in [4.69, 9.17) is 9.40 Å². The van der Waals surface area contributed by atoms with Crippen molar-refractivity contribution in [1.29, 1.82) is 0 Å². The first-order valence-electron chi connectivity index (χ1n) is 12.4. The van der Waals surface area contributed by atoms with E-state index in [-0.39, 0.29) is 5.82 Å². The van der Waals surface area contributed by atoms with Crippen LogP contribution in [0.4, 0.5) is 27.9 Å². The van der Waals surface area contributed by atoms with Gasteiger partial charge in [-0.05, 0) is 86.2 Å². The Morgan fingerprint density at radius 2 is 1.73 bits per heavy atom. The summed E-state index contributed by atoms with van der Waals surface area (Å²) in [6, 6.07) is 15.9. The molecule has 0 spiro atoms. The highest BCUT2D eigenvalue weighted by molar-refractivity contribution is 5.78. The lowest BCUT2D eigenvalue weighted by Crippen LogP contribution is -2.34. The highest BCUT2D eigenvalue weighted by Gasteiger charge is 2.20. The highest BCUT2D eigenvalue weighted by Crippen LogP contribution is 2.25. The van der Waals surface area contributed by atoms with Gasteiger partial charge in [0.1, 0.15) is 17.3 Å². The molecule has 0 bridgehead atoms. The van der Waals surface area contributed by atoms with Crippen molar-refractivity contribution in [3.05, 3.63) is 77.3 Å². The summed E-state index contributed by atoms with van der Waals surface area (Å²) in [5.41, 5.74) is 6.98. The first-order chi connectivity index (χ1) is 17.9. The number of aromatic nitrogens is 3. The minimum atomic E-state index is -0.288. The number of anilines is 4. The molecule has 8 nitrogen and oxygen atoms in total. The molecule has 0 aliphatic carbocycles. The summed E-state index contributed by atoms with van der Waals surface area (Å²) in [5.74, 6) is 2.97. The quantitative estimate of drug-likeness (QED) is 0.227. The lowest BCUT2D eigenvalue weighted by atomic mass is 10.00. The Morgan fingerprint density at radius 1 is 0.973 bits per heavy atom. The summed E-state index contributed by atoms with van der Waals surface area (Å²) in [5, 5.41) is 7.63. The Bertz CT molecular complexity index is 1390. The van der Waals surface area contributed by atoms with Gasteiger partial charge in [0.2, 0.25) is 17.8 Å². The van der Waals surface area contributed by atoms with Gasteiger partial charge in [0.05, 0.1) is 6.21 Å². The van der Waals surface area contributed by atoms with Crippen molar-refractivity contribution in [3.63, 3.8) is 0 Å². The van der Waals surface area contributed by atoms with Gasteiger partial charge >= 0.3 is 0 Å². The van der Waals surface area contributed by atoms with Crippen molar-refractivity contribution >= 4 is 29.7 Å². The molecule has 0 atom stereocenters. The Hall–Kier alpha value is -4.27. The number of nitrogens with one attached hydrogen (secondary N) is 2. The highest BCUT2D eigenvalue weighted by atomic mass is 19.1. The van der Waals surface area contributed by atoms with Gasteiger partial charge in [0.15, 0.2) is 0 Å². The van der Waals surface area contributed by atoms with Gasteiger partial charge in [-0.15, -0.1) is 0 Å². The van der Waals surface area contributed by atoms with Crippen molar-refractivity contribution in [3.8, 4) is 11.3 Å². The van der Waals surface area contributed by atoms with Gasteiger partial charge in [-0.25, -0.2) is 9.82 Å². The molecule has 1 aliphatic heterocycles. The average Bonchev–Trinajstić information content (AvgIpc) is 3.36. The second-order valence-corrected chi connectivity index (χ2v) is 9.40. The van der Waals surface area contributed by atoms with Crippen LogP contribution in [0.25, 0.3) is 11.3 Å². The second-order valence-electron chi connectivity index (χ2n) is 9.40. The van der Waals surface area contributed by atoms with Crippen LogP contribution in [-0.2, 0) is 0 Å². The van der Waals surface area contributed by atoms with Crippen molar-refractivity contribution in [2.45, 2.75) is 33.6 Å². The van der Waals surface area contributed by atoms with Crippen LogP contribution in [0.1, 0.15) is 36.7 Å². The minimum Gasteiger partial charge on any atom is -0.455 e. The normalized spacial score (nSPS) is 14.3. The fourth-order valence-electron chi connectivity index (χ4n) is 4.17. The molecule has 4 aromatic rings. The molecular formula is C28H30FN7O. The van der Waals surface area contributed by atoms with Gasteiger partial charge in [-0.2, -0.15) is 20.1 Å². The summed E-state index contributed by atoms with van der Waals surface area (Å²) in [6.45, 7) is 8.21. The Kier molecular flexibility index (Phi) is 7.11. The average molecular weight is 500 g/mol. The number of rotatable bonds is 7. The monoisotopic (exact) mass is 499 g/mol. The summed E-state index contributed by atoms with van der Waals surface area (Å²) in [7, 11) is 0. The van der Waals surface area contributed by atoms with Crippen LogP contribution < -0.4 is 15.6 Å². The van der Waals surface area contributed by atoms with E-state index in [9.17, 15) is 4.39 Å². The Labute approximate surface area is 215 Å². The predicted octanol–water partition coefficient (Wildman–Crippen LogP) is 6.31. The number of hydrogen-bond donors (Lipinski definition) is 2. The molecule has 37 heavy (non-hydrogen) atoms. The number of benzene rings is 2. The molecule has 1 fully saturated rings. The number of halogens is 1. The second kappa shape index (κ2) is 10.8. The van der Waals surface area contributed by atoms with E-state index in [0.717, 1.165) is 42.7 Å². The molecule has 5 rings (SSSR count). The number of hydrogen-bond acceptors (Lipinski definition) is 8. The summed E-state index contributed by atoms with van der Waals surface area (Å²) < 4.78 is 19.0. The molecule has 2 aromatic heterocycles. The van der Waals surface area contributed by atoms with Crippen LogP contribution in [0.15, 0.2) is 64.1 Å². The van der Waals surface area contributed by atoms with E-state index in [1.807, 2.05) is 18.2 Å². The van der Waals surface area contributed by atoms with Crippen LogP contribution in [0.2, 0.25) is 0 Å². The van der Waals surface area contributed by atoms with Gasteiger partial charge in [0.25, 0.3) is 0 Å². The molecule has 1 aliphatic rings. The third-order valence-electron chi connectivity index (χ3n) is 6.65. The van der Waals surface area contributed by atoms with Crippen LogP contribution >= 0.6 is 0 Å². The molecule has 2 aromatic carbocycles. The van der Waals surface area contributed by atoms with E-state index >= 15 is 0 Å². The van der Waals surface area contributed by atoms with Crippen LogP contribution in [0.5, 0.6) is 0 Å². The van der Waals surface area contributed by atoms with E-state index < -0.39 is 0 Å². The first kappa shape index (κ1) is 24.4. The minimum absolute atomic E-state index is 0.288. The smallest absolute Gasteiger partial charge is 0.250 e. The number of furan rings is 1. The molecule has 9 heteroatoms. The zero-order valence-corrected chi connectivity index (χ0v) is 21.2. The SMILES string of the molecule is Cc1cccc(Nc2nc(N/N=C\c3ccc(-c4ccc(F)cc4)o3)nc(N3CCC(C)CC3)n2)c1C. The Balaban J connectivity index is 1.36. The van der Waals surface area contributed by atoms with Gasteiger partial charge < -0.3 is 14.6 Å². The summed E-state index contributed by atoms with van der Waals surface area (Å²) in [4.78, 5) is 16.1. The zero-order valence-electron chi connectivity index (χ0n) is 21.2. The molecule has 0 unspecified atom stereocenters. The van der Waals surface area contributed by atoms with Gasteiger partial charge in [-0.3, -0.25) is 0 Å². The molecule has 0 amide bonds. The van der Waals surface area contributed by atoms with Crippen molar-refractivity contribution in [2.24, 2.45) is 11.0 Å². The maximum atomic E-state index is 13.2. The van der Waals surface area contributed by atoms with Crippen molar-refractivity contribution in [2.75, 3.05) is 28.7 Å². The van der Waals surface area contributed by atoms with E-state index in [1.54, 1.807) is 24.4 Å². The molecule has 0 saturated carbocycles. The van der Waals surface area contributed by atoms with Crippen LogP contribution in [0, 0.1) is 25.6 Å². The van der Waals surface area contributed by atoms with Crippen LogP contribution in [-0.4, -0.2) is 34.3 Å². The molecular weight excluding hydrogens is 469 g/mol. The standard InChI is InChI=1S/C28H30FN7O/c1-18-13-15-36(16-14-18)28-33-26(31-24-6-4-5-19(2)20(24)3)32-27(34-28)35-30-17-23-11-12-25(37-23)21-7-9-22(29)10-8-21/h4-12,17-18H,13-16H2,1-3H3,(H2,31,32,33,34,35)/b30-17-. The maximum absolute atomic E-state index is 13.2. The number of nitrogens with zero attached hydrogens (tertiary/aromatic N) is 5. The first-order valence-corrected chi connectivity index (χ1v) is 12.4. The van der Waals surface area contributed by atoms with E-state index in [1.165, 1.54) is 17.7 Å².